The molecule has 0 bridgehead atoms. The number of guanidine groups is 1. The van der Waals surface area contributed by atoms with Crippen LogP contribution in [0.1, 0.15) is 12.5 Å². The van der Waals surface area contributed by atoms with Crippen LogP contribution in [0.2, 0.25) is 0 Å². The van der Waals surface area contributed by atoms with Gasteiger partial charge < -0.3 is 24.6 Å². The number of benzene rings is 1. The van der Waals surface area contributed by atoms with E-state index in [0.717, 1.165) is 22.6 Å². The first-order valence-corrected chi connectivity index (χ1v) is 8.33. The normalized spacial score (nSPS) is 10.9. The highest BCUT2D eigenvalue weighted by Gasteiger charge is 2.13. The van der Waals surface area contributed by atoms with Crippen molar-refractivity contribution < 1.29 is 14.3 Å². The summed E-state index contributed by atoms with van der Waals surface area (Å²) in [6.07, 6.45) is 0. The van der Waals surface area contributed by atoms with Crippen LogP contribution < -0.4 is 14.8 Å². The minimum atomic E-state index is -0.0601. The number of hydrogen-bond donors (Lipinski definition) is 1. The number of carbonyl (C=O) groups is 1. The minimum absolute atomic E-state index is 0.0601. The lowest BCUT2D eigenvalue weighted by Crippen LogP contribution is -2.40. The maximum Gasteiger partial charge on any atom is 0.243 e. The molecule has 0 aliphatic heterocycles. The summed E-state index contributed by atoms with van der Waals surface area (Å²) in [5.41, 5.74) is 1.96. The summed E-state index contributed by atoms with van der Waals surface area (Å²) < 4.78 is 10.7. The van der Waals surface area contributed by atoms with Gasteiger partial charge >= 0.3 is 0 Å². The van der Waals surface area contributed by atoms with Gasteiger partial charge in [0, 0.05) is 45.9 Å². The van der Waals surface area contributed by atoms with Crippen LogP contribution in [0.4, 0.5) is 0 Å². The van der Waals surface area contributed by atoms with Crippen LogP contribution >= 0.6 is 0 Å². The predicted octanol–water partition coefficient (Wildman–Crippen LogP) is 1.75. The van der Waals surface area contributed by atoms with Crippen LogP contribution in [0.25, 0.3) is 0 Å². The van der Waals surface area contributed by atoms with E-state index in [9.17, 15) is 4.79 Å². The number of carbonyl (C=O) groups excluding carboxylic acids is 1. The maximum atomic E-state index is 11.9. The first-order valence-electron chi connectivity index (χ1n) is 8.33. The Kier molecular flexibility index (Phi) is 8.48. The molecule has 0 fully saturated rings. The zero-order chi connectivity index (χ0) is 19.7. The molecular weight excluding hydrogens is 332 g/mol. The standard InChI is InChI=1S/C19H30N4O3/c1-14(2)11-20-19(21-12-18(24)22(3)4)23(5)13-15-8-9-16(25-6)10-17(15)26-7/h8-10H,1,11-13H2,2-7H3,(H,20,21). The Labute approximate surface area is 156 Å². The van der Waals surface area contributed by atoms with E-state index in [1.54, 1.807) is 28.3 Å². The third-order valence-corrected chi connectivity index (χ3v) is 3.67. The van der Waals surface area contributed by atoms with Crippen LogP contribution in [-0.4, -0.2) is 70.1 Å². The SMILES string of the molecule is C=C(C)CNC(=NCC(=O)N(C)C)N(C)Cc1ccc(OC)cc1OC. The van der Waals surface area contributed by atoms with Gasteiger partial charge in [0.25, 0.3) is 0 Å². The second kappa shape index (κ2) is 10.3. The van der Waals surface area contributed by atoms with Gasteiger partial charge in [0.1, 0.15) is 18.0 Å². The van der Waals surface area contributed by atoms with Gasteiger partial charge in [-0.25, -0.2) is 4.99 Å². The zero-order valence-electron chi connectivity index (χ0n) is 16.6. The fourth-order valence-corrected chi connectivity index (χ4v) is 2.14. The Morgan fingerprint density at radius 1 is 1.23 bits per heavy atom. The topological polar surface area (TPSA) is 66.4 Å². The first-order chi connectivity index (χ1) is 12.3. The van der Waals surface area contributed by atoms with Gasteiger partial charge in [-0.15, -0.1) is 0 Å². The summed E-state index contributed by atoms with van der Waals surface area (Å²) in [5.74, 6) is 2.04. The molecule has 0 saturated carbocycles. The van der Waals surface area contributed by atoms with Gasteiger partial charge in [0.2, 0.25) is 5.91 Å². The highest BCUT2D eigenvalue weighted by atomic mass is 16.5. The number of amides is 1. The Hall–Kier alpha value is -2.70. The summed E-state index contributed by atoms with van der Waals surface area (Å²) in [4.78, 5) is 19.8. The van der Waals surface area contributed by atoms with E-state index in [0.29, 0.717) is 19.0 Å². The summed E-state index contributed by atoms with van der Waals surface area (Å²) in [6.45, 7) is 7.05. The monoisotopic (exact) mass is 362 g/mol. The second-order valence-corrected chi connectivity index (χ2v) is 6.27. The van der Waals surface area contributed by atoms with Crippen molar-refractivity contribution in [3.8, 4) is 11.5 Å². The minimum Gasteiger partial charge on any atom is -0.497 e. The smallest absolute Gasteiger partial charge is 0.243 e. The summed E-state index contributed by atoms with van der Waals surface area (Å²) >= 11 is 0. The molecule has 144 valence electrons. The van der Waals surface area contributed by atoms with Crippen molar-refractivity contribution in [2.45, 2.75) is 13.5 Å². The summed E-state index contributed by atoms with van der Waals surface area (Å²) in [7, 11) is 8.58. The molecule has 0 saturated heterocycles. The molecule has 1 N–H and O–H groups in total. The quantitative estimate of drug-likeness (QED) is 0.434. The molecule has 0 unspecified atom stereocenters. The molecule has 0 atom stereocenters. The lowest BCUT2D eigenvalue weighted by Gasteiger charge is -2.24. The van der Waals surface area contributed by atoms with Gasteiger partial charge in [-0.2, -0.15) is 0 Å². The fourth-order valence-electron chi connectivity index (χ4n) is 2.14. The highest BCUT2D eigenvalue weighted by molar-refractivity contribution is 5.84. The molecule has 0 radical (unpaired) electrons. The van der Waals surface area contributed by atoms with Crippen molar-refractivity contribution in [3.05, 3.63) is 35.9 Å². The fraction of sp³-hybridized carbons (Fsp3) is 0.474. The van der Waals surface area contributed by atoms with E-state index >= 15 is 0 Å². The largest absolute Gasteiger partial charge is 0.497 e. The van der Waals surface area contributed by atoms with Gasteiger partial charge in [-0.05, 0) is 19.1 Å². The van der Waals surface area contributed by atoms with Crippen molar-refractivity contribution in [3.63, 3.8) is 0 Å². The van der Waals surface area contributed by atoms with Crippen LogP contribution in [0.15, 0.2) is 35.3 Å². The van der Waals surface area contributed by atoms with Crippen molar-refractivity contribution in [2.75, 3.05) is 48.5 Å². The third kappa shape index (κ3) is 6.66. The third-order valence-electron chi connectivity index (χ3n) is 3.67. The average Bonchev–Trinajstić information content (AvgIpc) is 2.61. The highest BCUT2D eigenvalue weighted by Crippen LogP contribution is 2.25. The van der Waals surface area contributed by atoms with Crippen LogP contribution in [0, 0.1) is 0 Å². The molecule has 1 rings (SSSR count). The van der Waals surface area contributed by atoms with Crippen molar-refractivity contribution >= 4 is 11.9 Å². The number of ether oxygens (including phenoxy) is 2. The number of hydrogen-bond acceptors (Lipinski definition) is 4. The number of nitrogens with one attached hydrogen (secondary N) is 1. The molecule has 1 amide bonds. The zero-order valence-corrected chi connectivity index (χ0v) is 16.6. The van der Waals surface area contributed by atoms with E-state index < -0.39 is 0 Å². The van der Waals surface area contributed by atoms with E-state index in [2.05, 4.69) is 16.9 Å². The van der Waals surface area contributed by atoms with E-state index in [-0.39, 0.29) is 12.5 Å². The molecule has 0 aliphatic rings. The van der Waals surface area contributed by atoms with Gasteiger partial charge in [-0.3, -0.25) is 4.79 Å². The lowest BCUT2D eigenvalue weighted by molar-refractivity contribution is -0.127. The first kappa shape index (κ1) is 21.3. The Morgan fingerprint density at radius 3 is 2.46 bits per heavy atom. The van der Waals surface area contributed by atoms with Crippen LogP contribution in [-0.2, 0) is 11.3 Å². The Bertz CT molecular complexity index is 656. The molecule has 7 heteroatoms. The predicted molar refractivity (Wildman–Crippen MR) is 105 cm³/mol. The maximum absolute atomic E-state index is 11.9. The Morgan fingerprint density at radius 2 is 1.92 bits per heavy atom. The number of nitrogens with zero attached hydrogens (tertiary/aromatic N) is 3. The molecule has 26 heavy (non-hydrogen) atoms. The molecule has 0 aliphatic carbocycles. The van der Waals surface area contributed by atoms with E-state index in [4.69, 9.17) is 9.47 Å². The molecule has 0 heterocycles. The van der Waals surface area contributed by atoms with Crippen LogP contribution in [0.5, 0.6) is 11.5 Å². The number of likely N-dealkylation sites (N-methyl/N-ethyl adjacent to an activating group) is 1. The number of rotatable bonds is 8. The number of aliphatic imine (C=N–C) groups is 1. The molecule has 7 nitrogen and oxygen atoms in total. The summed E-state index contributed by atoms with van der Waals surface area (Å²) in [5, 5.41) is 3.23. The molecule has 1 aromatic rings. The van der Waals surface area contributed by atoms with Gasteiger partial charge in [0.15, 0.2) is 5.96 Å². The van der Waals surface area contributed by atoms with Crippen molar-refractivity contribution in [1.29, 1.82) is 0 Å². The van der Waals surface area contributed by atoms with Crippen molar-refractivity contribution in [2.24, 2.45) is 4.99 Å². The van der Waals surface area contributed by atoms with Crippen molar-refractivity contribution in [1.82, 2.24) is 15.1 Å². The molecular formula is C19H30N4O3. The average molecular weight is 362 g/mol. The molecule has 1 aromatic carbocycles. The van der Waals surface area contributed by atoms with E-state index in [1.165, 1.54) is 4.90 Å². The van der Waals surface area contributed by atoms with Gasteiger partial charge in [-0.1, -0.05) is 12.2 Å². The molecule has 0 aromatic heterocycles. The lowest BCUT2D eigenvalue weighted by atomic mass is 10.2. The number of methoxy groups -OCH3 is 2. The van der Waals surface area contributed by atoms with Gasteiger partial charge in [0.05, 0.1) is 14.2 Å². The summed E-state index contributed by atoms with van der Waals surface area (Å²) in [6, 6.07) is 5.69. The Balaban J connectivity index is 2.97. The second-order valence-electron chi connectivity index (χ2n) is 6.27. The molecule has 0 spiro atoms. The van der Waals surface area contributed by atoms with Crippen LogP contribution in [0.3, 0.4) is 0 Å². The van der Waals surface area contributed by atoms with E-state index in [1.807, 2.05) is 37.1 Å².